The summed E-state index contributed by atoms with van der Waals surface area (Å²) in [5, 5.41) is 4.02. The van der Waals surface area contributed by atoms with Crippen LogP contribution in [0.25, 0.3) is 10.2 Å². The summed E-state index contributed by atoms with van der Waals surface area (Å²) in [5.74, 6) is 0.370. The van der Waals surface area contributed by atoms with Crippen LogP contribution in [0.1, 0.15) is 17.4 Å². The zero-order chi connectivity index (χ0) is 19.7. The van der Waals surface area contributed by atoms with Gasteiger partial charge in [0, 0.05) is 30.3 Å². The minimum absolute atomic E-state index is 0.0987. The number of nitrogens with two attached hydrogens (primary N) is 1. The number of benzene rings is 1. The molecule has 3 N–H and O–H groups in total. The minimum atomic E-state index is -0.350. The highest BCUT2D eigenvalue weighted by atomic mass is 32.2. The molecule has 0 spiro atoms. The molecule has 1 aromatic carbocycles. The fourth-order valence-corrected chi connectivity index (χ4v) is 4.48. The topological polar surface area (TPSA) is 84.1 Å². The lowest BCUT2D eigenvalue weighted by Crippen LogP contribution is -2.22. The maximum absolute atomic E-state index is 12.5. The second kappa shape index (κ2) is 7.74. The SMILES string of the molecule is Cc1sc2nc(SC(C)C(=O)Nc3ccc(N(C)C)cc3)nc(N)c2c1C. The van der Waals surface area contributed by atoms with Crippen molar-refractivity contribution in [1.29, 1.82) is 0 Å². The Morgan fingerprint density at radius 2 is 1.89 bits per heavy atom. The number of aryl methyl sites for hydroxylation is 2. The van der Waals surface area contributed by atoms with E-state index < -0.39 is 0 Å². The third-order valence-electron chi connectivity index (χ3n) is 4.34. The first-order valence-corrected chi connectivity index (χ1v) is 10.2. The molecule has 0 saturated carbocycles. The van der Waals surface area contributed by atoms with Gasteiger partial charge in [0.05, 0.1) is 10.6 Å². The molecule has 0 aliphatic carbocycles. The average molecular weight is 402 g/mol. The van der Waals surface area contributed by atoms with Gasteiger partial charge in [-0.05, 0) is 50.6 Å². The van der Waals surface area contributed by atoms with Crippen molar-refractivity contribution in [2.75, 3.05) is 30.0 Å². The number of nitrogen functional groups attached to an aromatic ring is 1. The molecule has 6 nitrogen and oxygen atoms in total. The number of amides is 1. The highest BCUT2D eigenvalue weighted by Gasteiger charge is 2.19. The Bertz CT molecular complexity index is 982. The fourth-order valence-electron chi connectivity index (χ4n) is 2.61. The minimum Gasteiger partial charge on any atom is -0.383 e. The first-order chi connectivity index (χ1) is 12.8. The third-order valence-corrected chi connectivity index (χ3v) is 6.40. The number of hydrogen-bond donors (Lipinski definition) is 2. The molecule has 142 valence electrons. The molecule has 3 aromatic rings. The van der Waals surface area contributed by atoms with Crippen LogP contribution < -0.4 is 16.0 Å². The van der Waals surface area contributed by atoms with Crippen LogP contribution in [-0.2, 0) is 4.79 Å². The van der Waals surface area contributed by atoms with Crippen LogP contribution in [0.15, 0.2) is 29.4 Å². The maximum atomic E-state index is 12.5. The molecule has 2 heterocycles. The number of anilines is 3. The normalized spacial score (nSPS) is 12.2. The van der Waals surface area contributed by atoms with Crippen molar-refractivity contribution in [2.45, 2.75) is 31.2 Å². The first kappa shape index (κ1) is 19.4. The molecular weight excluding hydrogens is 378 g/mol. The summed E-state index contributed by atoms with van der Waals surface area (Å²) in [6.07, 6.45) is 0. The molecular formula is C19H23N5OS2. The van der Waals surface area contributed by atoms with E-state index in [0.717, 1.165) is 27.2 Å². The van der Waals surface area contributed by atoms with E-state index in [0.29, 0.717) is 11.0 Å². The Balaban J connectivity index is 1.71. The zero-order valence-electron chi connectivity index (χ0n) is 16.0. The van der Waals surface area contributed by atoms with Gasteiger partial charge in [-0.1, -0.05) is 11.8 Å². The quantitative estimate of drug-likeness (QED) is 0.495. The van der Waals surface area contributed by atoms with Crippen molar-refractivity contribution in [3.05, 3.63) is 34.7 Å². The summed E-state index contributed by atoms with van der Waals surface area (Å²) in [7, 11) is 3.96. The molecule has 0 bridgehead atoms. The molecule has 27 heavy (non-hydrogen) atoms. The van der Waals surface area contributed by atoms with Crippen molar-refractivity contribution in [3.63, 3.8) is 0 Å². The average Bonchev–Trinajstić information content (AvgIpc) is 2.89. The predicted octanol–water partition coefficient (Wildman–Crippen LogP) is 4.08. The predicted molar refractivity (Wildman–Crippen MR) is 116 cm³/mol. The van der Waals surface area contributed by atoms with E-state index in [9.17, 15) is 4.79 Å². The highest BCUT2D eigenvalue weighted by Crippen LogP contribution is 2.34. The molecule has 0 aliphatic heterocycles. The van der Waals surface area contributed by atoms with E-state index >= 15 is 0 Å². The lowest BCUT2D eigenvalue weighted by molar-refractivity contribution is -0.115. The van der Waals surface area contributed by atoms with Crippen LogP contribution in [0.4, 0.5) is 17.2 Å². The smallest absolute Gasteiger partial charge is 0.237 e. The molecule has 0 radical (unpaired) electrons. The van der Waals surface area contributed by atoms with Crippen molar-refractivity contribution in [2.24, 2.45) is 0 Å². The number of thiophene rings is 1. The van der Waals surface area contributed by atoms with Crippen LogP contribution in [-0.4, -0.2) is 35.2 Å². The largest absolute Gasteiger partial charge is 0.383 e. The number of hydrogen-bond acceptors (Lipinski definition) is 7. The molecule has 2 aromatic heterocycles. The molecule has 8 heteroatoms. The van der Waals surface area contributed by atoms with Gasteiger partial charge < -0.3 is 16.0 Å². The molecule has 0 saturated heterocycles. The second-order valence-corrected chi connectivity index (χ2v) is 9.06. The molecule has 3 rings (SSSR count). The molecule has 1 atom stereocenters. The van der Waals surface area contributed by atoms with Gasteiger partial charge in [0.2, 0.25) is 5.91 Å². The number of fused-ring (bicyclic) bond motifs is 1. The van der Waals surface area contributed by atoms with E-state index in [2.05, 4.69) is 15.3 Å². The Morgan fingerprint density at radius 3 is 2.52 bits per heavy atom. The van der Waals surface area contributed by atoms with Gasteiger partial charge in [0.1, 0.15) is 10.6 Å². The highest BCUT2D eigenvalue weighted by molar-refractivity contribution is 8.00. The number of thioether (sulfide) groups is 1. The van der Waals surface area contributed by atoms with Gasteiger partial charge in [-0.15, -0.1) is 11.3 Å². The molecule has 0 aliphatic rings. The van der Waals surface area contributed by atoms with E-state index in [1.165, 1.54) is 16.6 Å². The van der Waals surface area contributed by atoms with Gasteiger partial charge in [-0.3, -0.25) is 4.79 Å². The van der Waals surface area contributed by atoms with E-state index in [1.807, 2.05) is 64.0 Å². The summed E-state index contributed by atoms with van der Waals surface area (Å²) in [6.45, 7) is 5.91. The van der Waals surface area contributed by atoms with Gasteiger partial charge in [-0.2, -0.15) is 0 Å². The Labute approximate surface area is 167 Å². The Morgan fingerprint density at radius 1 is 1.22 bits per heavy atom. The molecule has 1 unspecified atom stereocenters. The lowest BCUT2D eigenvalue weighted by atomic mass is 10.2. The van der Waals surface area contributed by atoms with Crippen LogP contribution in [0, 0.1) is 13.8 Å². The van der Waals surface area contributed by atoms with Crippen molar-refractivity contribution >= 4 is 56.4 Å². The standard InChI is InChI=1S/C19H23N5OS2/c1-10-11(2)26-18-15(10)16(20)22-19(23-18)27-12(3)17(25)21-13-6-8-14(9-7-13)24(4)5/h6-9,12H,1-5H3,(H,21,25)(H2,20,22,23). The summed E-state index contributed by atoms with van der Waals surface area (Å²) in [5.41, 5.74) is 9.08. The summed E-state index contributed by atoms with van der Waals surface area (Å²) < 4.78 is 0. The molecule has 0 fully saturated rings. The van der Waals surface area contributed by atoms with Gasteiger partial charge in [0.25, 0.3) is 0 Å². The maximum Gasteiger partial charge on any atom is 0.237 e. The van der Waals surface area contributed by atoms with Gasteiger partial charge in [-0.25, -0.2) is 9.97 Å². The van der Waals surface area contributed by atoms with E-state index in [1.54, 1.807) is 11.3 Å². The molecule has 1 amide bonds. The van der Waals surface area contributed by atoms with Crippen molar-refractivity contribution < 1.29 is 4.79 Å². The van der Waals surface area contributed by atoms with Crippen molar-refractivity contribution in [3.8, 4) is 0 Å². The number of rotatable bonds is 5. The number of carbonyl (C=O) groups is 1. The summed E-state index contributed by atoms with van der Waals surface area (Å²) >= 11 is 2.91. The van der Waals surface area contributed by atoms with Gasteiger partial charge >= 0.3 is 0 Å². The lowest BCUT2D eigenvalue weighted by Gasteiger charge is -2.14. The number of carbonyl (C=O) groups excluding carboxylic acids is 1. The summed E-state index contributed by atoms with van der Waals surface area (Å²) in [4.78, 5) is 25.5. The monoisotopic (exact) mass is 401 g/mol. The van der Waals surface area contributed by atoms with Crippen LogP contribution in [0.5, 0.6) is 0 Å². The van der Waals surface area contributed by atoms with E-state index in [-0.39, 0.29) is 11.2 Å². The van der Waals surface area contributed by atoms with Crippen molar-refractivity contribution in [1.82, 2.24) is 9.97 Å². The van der Waals surface area contributed by atoms with Crippen LogP contribution in [0.2, 0.25) is 0 Å². The Hall–Kier alpha value is -2.32. The van der Waals surface area contributed by atoms with E-state index in [4.69, 9.17) is 5.73 Å². The fraction of sp³-hybridized carbons (Fsp3) is 0.316. The van der Waals surface area contributed by atoms with Crippen LogP contribution in [0.3, 0.4) is 0 Å². The second-order valence-electron chi connectivity index (χ2n) is 6.55. The number of nitrogens with one attached hydrogen (secondary N) is 1. The number of nitrogens with zero attached hydrogens (tertiary/aromatic N) is 3. The third kappa shape index (κ3) is 4.17. The Kier molecular flexibility index (Phi) is 5.57. The van der Waals surface area contributed by atoms with Gasteiger partial charge in [0.15, 0.2) is 5.16 Å². The number of aromatic nitrogens is 2. The summed E-state index contributed by atoms with van der Waals surface area (Å²) in [6, 6.07) is 7.71. The van der Waals surface area contributed by atoms with Crippen LogP contribution >= 0.6 is 23.1 Å². The first-order valence-electron chi connectivity index (χ1n) is 8.54. The zero-order valence-corrected chi connectivity index (χ0v) is 17.7.